The number of anilines is 3. The molecule has 0 aliphatic carbocycles. The van der Waals surface area contributed by atoms with Crippen LogP contribution in [0.1, 0.15) is 12.6 Å². The van der Waals surface area contributed by atoms with Crippen LogP contribution in [0.5, 0.6) is 5.88 Å². The molecule has 6 nitrogen and oxygen atoms in total. The van der Waals surface area contributed by atoms with E-state index in [9.17, 15) is 4.79 Å². The highest BCUT2D eigenvalue weighted by atomic mass is 16.5. The number of benzene rings is 2. The zero-order valence-corrected chi connectivity index (χ0v) is 14.7. The molecule has 0 unspecified atom stereocenters. The van der Waals surface area contributed by atoms with Crippen molar-refractivity contribution >= 4 is 23.4 Å². The van der Waals surface area contributed by atoms with Crippen LogP contribution in [0.15, 0.2) is 66.7 Å². The maximum absolute atomic E-state index is 13.0. The molecule has 0 aliphatic rings. The highest BCUT2D eigenvalue weighted by Gasteiger charge is 2.22. The van der Waals surface area contributed by atoms with Crippen LogP contribution in [0, 0.1) is 6.92 Å². The van der Waals surface area contributed by atoms with Crippen LogP contribution in [0.4, 0.5) is 22.1 Å². The summed E-state index contributed by atoms with van der Waals surface area (Å²) in [7, 11) is 0. The summed E-state index contributed by atoms with van der Waals surface area (Å²) >= 11 is 0. The minimum absolute atomic E-state index is 0.257. The number of aryl methyl sites for hydroxylation is 1. The van der Waals surface area contributed by atoms with Crippen molar-refractivity contribution in [3.63, 3.8) is 0 Å². The first-order chi connectivity index (χ1) is 12.7. The molecule has 6 heteroatoms. The largest absolute Gasteiger partial charge is 0.478 e. The van der Waals surface area contributed by atoms with E-state index in [0.29, 0.717) is 29.6 Å². The number of nitrogens with zero attached hydrogens (tertiary/aromatic N) is 3. The summed E-state index contributed by atoms with van der Waals surface area (Å²) < 4.78 is 5.50. The maximum atomic E-state index is 13.0. The number of carbonyl (C=O) groups excluding carboxylic acids is 1. The highest BCUT2D eigenvalue weighted by molar-refractivity contribution is 6.05. The molecule has 0 fully saturated rings. The Morgan fingerprint density at radius 2 is 1.69 bits per heavy atom. The van der Waals surface area contributed by atoms with E-state index in [2.05, 4.69) is 15.3 Å². The van der Waals surface area contributed by atoms with E-state index in [4.69, 9.17) is 4.74 Å². The molecule has 3 rings (SSSR count). The van der Waals surface area contributed by atoms with Crippen molar-refractivity contribution in [2.75, 3.05) is 16.8 Å². The number of aromatic nitrogens is 2. The van der Waals surface area contributed by atoms with Crippen molar-refractivity contribution in [2.24, 2.45) is 0 Å². The molecule has 1 aromatic heterocycles. The van der Waals surface area contributed by atoms with Gasteiger partial charge < -0.3 is 10.1 Å². The van der Waals surface area contributed by atoms with Gasteiger partial charge in [0.05, 0.1) is 12.3 Å². The third kappa shape index (κ3) is 4.16. The Bertz CT molecular complexity index is 869. The lowest BCUT2D eigenvalue weighted by atomic mass is 10.3. The standard InChI is InChI=1S/C20H20N4O2/c1-3-26-18-14-15(2)21-19(23-18)24(17-12-8-5-9-13-17)20(25)22-16-10-6-4-7-11-16/h4-14H,3H2,1-2H3,(H,22,25). The number of rotatable bonds is 5. The molecule has 2 aromatic carbocycles. The molecule has 0 bridgehead atoms. The number of urea groups is 1. The maximum Gasteiger partial charge on any atom is 0.333 e. The summed E-state index contributed by atoms with van der Waals surface area (Å²) in [4.78, 5) is 23.2. The predicted octanol–water partition coefficient (Wildman–Crippen LogP) is 4.55. The monoisotopic (exact) mass is 348 g/mol. The molecule has 26 heavy (non-hydrogen) atoms. The van der Waals surface area contributed by atoms with E-state index >= 15 is 0 Å². The Balaban J connectivity index is 2.00. The Morgan fingerprint density at radius 3 is 2.35 bits per heavy atom. The van der Waals surface area contributed by atoms with E-state index in [1.807, 2.05) is 74.5 Å². The second-order valence-corrected chi connectivity index (χ2v) is 5.55. The molecular formula is C20H20N4O2. The molecule has 132 valence electrons. The molecule has 3 aromatic rings. The van der Waals surface area contributed by atoms with Gasteiger partial charge in [-0.1, -0.05) is 36.4 Å². The van der Waals surface area contributed by atoms with Gasteiger partial charge in [0, 0.05) is 17.4 Å². The molecular weight excluding hydrogens is 328 g/mol. The molecule has 2 amide bonds. The average Bonchev–Trinajstić information content (AvgIpc) is 2.63. The van der Waals surface area contributed by atoms with E-state index in [0.717, 1.165) is 0 Å². The van der Waals surface area contributed by atoms with Gasteiger partial charge in [0.1, 0.15) is 0 Å². The molecule has 0 saturated heterocycles. The first-order valence-corrected chi connectivity index (χ1v) is 8.37. The van der Waals surface area contributed by atoms with Gasteiger partial charge in [0.25, 0.3) is 0 Å². The van der Waals surface area contributed by atoms with Crippen molar-refractivity contribution in [1.82, 2.24) is 9.97 Å². The number of amides is 2. The zero-order chi connectivity index (χ0) is 18.4. The quantitative estimate of drug-likeness (QED) is 0.734. The van der Waals surface area contributed by atoms with Crippen LogP contribution in [-0.2, 0) is 0 Å². The Hall–Kier alpha value is -3.41. The van der Waals surface area contributed by atoms with Gasteiger partial charge in [-0.2, -0.15) is 4.98 Å². The summed E-state index contributed by atoms with van der Waals surface area (Å²) in [6.45, 7) is 4.21. The van der Waals surface area contributed by atoms with E-state index < -0.39 is 0 Å². The molecule has 0 spiro atoms. The van der Waals surface area contributed by atoms with Crippen LogP contribution in [0.3, 0.4) is 0 Å². The van der Waals surface area contributed by atoms with Crippen molar-refractivity contribution in [2.45, 2.75) is 13.8 Å². The number of nitrogens with one attached hydrogen (secondary N) is 1. The third-order valence-corrected chi connectivity index (χ3v) is 3.55. The van der Waals surface area contributed by atoms with Crippen LogP contribution in [0.2, 0.25) is 0 Å². The lowest BCUT2D eigenvalue weighted by molar-refractivity contribution is 0.258. The Labute approximate surface area is 152 Å². The van der Waals surface area contributed by atoms with Gasteiger partial charge in [0.2, 0.25) is 11.8 Å². The van der Waals surface area contributed by atoms with Gasteiger partial charge in [0.15, 0.2) is 0 Å². The summed E-state index contributed by atoms with van der Waals surface area (Å²) in [5, 5.41) is 2.88. The number of hydrogen-bond acceptors (Lipinski definition) is 4. The van der Waals surface area contributed by atoms with Gasteiger partial charge in [-0.3, -0.25) is 0 Å². The van der Waals surface area contributed by atoms with Crippen molar-refractivity contribution in [3.8, 4) is 5.88 Å². The summed E-state index contributed by atoms with van der Waals surface area (Å²) in [6, 6.07) is 19.9. The van der Waals surface area contributed by atoms with Crippen LogP contribution in [0.25, 0.3) is 0 Å². The Kier molecular flexibility index (Phi) is 5.43. The first-order valence-electron chi connectivity index (χ1n) is 8.37. The fraction of sp³-hybridized carbons (Fsp3) is 0.150. The van der Waals surface area contributed by atoms with Crippen LogP contribution in [-0.4, -0.2) is 22.6 Å². The van der Waals surface area contributed by atoms with Gasteiger partial charge in [-0.05, 0) is 38.1 Å². The molecule has 0 aliphatic heterocycles. The van der Waals surface area contributed by atoms with Crippen LogP contribution >= 0.6 is 0 Å². The van der Waals surface area contributed by atoms with E-state index in [-0.39, 0.29) is 12.0 Å². The molecule has 1 heterocycles. The highest BCUT2D eigenvalue weighted by Crippen LogP contribution is 2.25. The average molecular weight is 348 g/mol. The van der Waals surface area contributed by atoms with Crippen molar-refractivity contribution in [1.29, 1.82) is 0 Å². The third-order valence-electron chi connectivity index (χ3n) is 3.55. The number of ether oxygens (including phenoxy) is 1. The number of carbonyl (C=O) groups is 1. The molecule has 0 radical (unpaired) electrons. The van der Waals surface area contributed by atoms with Gasteiger partial charge in [-0.25, -0.2) is 14.7 Å². The van der Waals surface area contributed by atoms with Gasteiger partial charge >= 0.3 is 6.03 Å². The Morgan fingerprint density at radius 1 is 1.04 bits per heavy atom. The van der Waals surface area contributed by atoms with E-state index in [1.54, 1.807) is 6.07 Å². The SMILES string of the molecule is CCOc1cc(C)nc(N(C(=O)Nc2ccccc2)c2ccccc2)n1. The molecule has 1 N–H and O–H groups in total. The zero-order valence-electron chi connectivity index (χ0n) is 14.7. The summed E-state index contributed by atoms with van der Waals surface area (Å²) in [5.41, 5.74) is 2.07. The molecule has 0 atom stereocenters. The lowest BCUT2D eigenvalue weighted by Crippen LogP contribution is -2.32. The van der Waals surface area contributed by atoms with Crippen LogP contribution < -0.4 is 15.0 Å². The number of hydrogen-bond donors (Lipinski definition) is 1. The van der Waals surface area contributed by atoms with Crippen molar-refractivity contribution in [3.05, 3.63) is 72.4 Å². The van der Waals surface area contributed by atoms with Gasteiger partial charge in [-0.15, -0.1) is 0 Å². The lowest BCUT2D eigenvalue weighted by Gasteiger charge is -2.22. The first kappa shape index (κ1) is 17.4. The van der Waals surface area contributed by atoms with E-state index in [1.165, 1.54) is 4.90 Å². The van der Waals surface area contributed by atoms with Crippen molar-refractivity contribution < 1.29 is 9.53 Å². The minimum Gasteiger partial charge on any atom is -0.478 e. The fourth-order valence-electron chi connectivity index (χ4n) is 2.45. The predicted molar refractivity (Wildman–Crippen MR) is 102 cm³/mol. The molecule has 0 saturated carbocycles. The number of para-hydroxylation sites is 2. The smallest absolute Gasteiger partial charge is 0.333 e. The summed E-state index contributed by atoms with van der Waals surface area (Å²) in [5.74, 6) is 0.691. The minimum atomic E-state index is -0.351. The second kappa shape index (κ2) is 8.11. The summed E-state index contributed by atoms with van der Waals surface area (Å²) in [6.07, 6.45) is 0. The fourth-order valence-corrected chi connectivity index (χ4v) is 2.45. The topological polar surface area (TPSA) is 67.3 Å². The second-order valence-electron chi connectivity index (χ2n) is 5.55. The normalized spacial score (nSPS) is 10.2.